The van der Waals surface area contributed by atoms with Gasteiger partial charge in [0.25, 0.3) is 0 Å². The van der Waals surface area contributed by atoms with Crippen molar-refractivity contribution in [3.05, 3.63) is 270 Å². The highest BCUT2D eigenvalue weighted by Gasteiger charge is 2.40. The van der Waals surface area contributed by atoms with E-state index in [9.17, 15) is 0 Å². The molecule has 0 saturated heterocycles. The molecule has 0 spiro atoms. The molecule has 0 fully saturated rings. The SMILES string of the molecule is CC1(C)c2ccccc2N(c2ccccc2)c2ccc(-c3cc(-c4ccc5c(c4)C(C)(C)c4ccccc4N5c4ccccc4)cc(-c4ccc5c(c4)C(C)(C)c4ccccc4N5c4ccccc4)c3)cc21. The van der Waals surface area contributed by atoms with Gasteiger partial charge in [-0.25, -0.2) is 0 Å². The van der Waals surface area contributed by atoms with Crippen molar-refractivity contribution in [1.29, 1.82) is 0 Å². The maximum absolute atomic E-state index is 2.47. The van der Waals surface area contributed by atoms with Crippen LogP contribution in [0.4, 0.5) is 51.2 Å². The van der Waals surface area contributed by atoms with Crippen LogP contribution < -0.4 is 14.7 Å². The number of anilines is 9. The lowest BCUT2D eigenvalue weighted by atomic mass is 9.72. The summed E-state index contributed by atoms with van der Waals surface area (Å²) < 4.78 is 0. The van der Waals surface area contributed by atoms with E-state index in [0.29, 0.717) is 0 Å². The molecule has 10 aromatic rings. The fourth-order valence-electron chi connectivity index (χ4n) is 12.3. The number of hydrogen-bond donors (Lipinski definition) is 0. The van der Waals surface area contributed by atoms with Crippen LogP contribution in [0.25, 0.3) is 33.4 Å². The Balaban J connectivity index is 1.02. The van der Waals surface area contributed by atoms with Gasteiger partial charge in [-0.1, -0.05) is 169 Å². The summed E-state index contributed by atoms with van der Waals surface area (Å²) >= 11 is 0. The van der Waals surface area contributed by atoms with E-state index in [0.717, 1.165) is 17.1 Å². The van der Waals surface area contributed by atoms with Crippen LogP contribution in [-0.4, -0.2) is 0 Å². The number of para-hydroxylation sites is 6. The van der Waals surface area contributed by atoms with Gasteiger partial charge in [-0.15, -0.1) is 0 Å². The summed E-state index contributed by atoms with van der Waals surface area (Å²) in [5.74, 6) is 0. The zero-order chi connectivity index (χ0) is 48.9. The van der Waals surface area contributed by atoms with Crippen LogP contribution in [0.3, 0.4) is 0 Å². The summed E-state index contributed by atoms with van der Waals surface area (Å²) in [4.78, 5) is 7.33. The van der Waals surface area contributed by atoms with Crippen molar-refractivity contribution >= 4 is 51.2 Å². The molecule has 0 unspecified atom stereocenters. The second-order valence-corrected chi connectivity index (χ2v) is 21.4. The minimum atomic E-state index is -0.246. The molecule has 3 heteroatoms. The highest BCUT2D eigenvalue weighted by atomic mass is 15.2. The third kappa shape index (κ3) is 6.71. The van der Waals surface area contributed by atoms with Gasteiger partial charge < -0.3 is 14.7 Å². The molecule has 0 atom stereocenters. The molecule has 0 N–H and O–H groups in total. The van der Waals surface area contributed by atoms with Gasteiger partial charge in [0.1, 0.15) is 0 Å². The Morgan fingerprint density at radius 1 is 0.208 bits per heavy atom. The zero-order valence-electron chi connectivity index (χ0n) is 41.9. The molecule has 0 aliphatic carbocycles. The second-order valence-electron chi connectivity index (χ2n) is 21.4. The summed E-state index contributed by atoms with van der Waals surface area (Å²) in [5, 5.41) is 0. The molecule has 0 radical (unpaired) electrons. The average Bonchev–Trinajstić information content (AvgIpc) is 3.42. The topological polar surface area (TPSA) is 9.72 Å². The first-order valence-corrected chi connectivity index (χ1v) is 25.4. The Bertz CT molecular complexity index is 3330. The van der Waals surface area contributed by atoms with Crippen molar-refractivity contribution in [3.63, 3.8) is 0 Å². The Morgan fingerprint density at radius 3 is 0.722 bits per heavy atom. The molecular formula is C69H57N3. The number of hydrogen-bond acceptors (Lipinski definition) is 3. The van der Waals surface area contributed by atoms with E-state index >= 15 is 0 Å². The predicted molar refractivity (Wildman–Crippen MR) is 303 cm³/mol. The molecule has 72 heavy (non-hydrogen) atoms. The van der Waals surface area contributed by atoms with E-state index in [4.69, 9.17) is 0 Å². The van der Waals surface area contributed by atoms with Crippen LogP contribution in [0.1, 0.15) is 74.9 Å². The predicted octanol–water partition coefficient (Wildman–Crippen LogP) is 19.0. The lowest BCUT2D eigenvalue weighted by molar-refractivity contribution is 0.632. The van der Waals surface area contributed by atoms with Gasteiger partial charge in [0.2, 0.25) is 0 Å². The number of benzene rings is 10. The summed E-state index contributed by atoms with van der Waals surface area (Å²) in [6.07, 6.45) is 0. The first-order valence-electron chi connectivity index (χ1n) is 25.4. The Labute approximate surface area is 424 Å². The number of rotatable bonds is 6. The normalized spacial score (nSPS) is 15.3. The maximum Gasteiger partial charge on any atom is 0.0503 e. The van der Waals surface area contributed by atoms with Gasteiger partial charge in [0.15, 0.2) is 0 Å². The van der Waals surface area contributed by atoms with Crippen molar-refractivity contribution in [2.24, 2.45) is 0 Å². The fraction of sp³-hybridized carbons (Fsp3) is 0.130. The highest BCUT2D eigenvalue weighted by Crippen LogP contribution is 2.56. The highest BCUT2D eigenvalue weighted by molar-refractivity contribution is 5.93. The lowest BCUT2D eigenvalue weighted by Crippen LogP contribution is -2.30. The molecule has 0 bridgehead atoms. The fourth-order valence-corrected chi connectivity index (χ4v) is 12.3. The molecule has 3 nitrogen and oxygen atoms in total. The van der Waals surface area contributed by atoms with Crippen LogP contribution in [-0.2, 0) is 16.2 Å². The van der Waals surface area contributed by atoms with Gasteiger partial charge >= 0.3 is 0 Å². The largest absolute Gasteiger partial charge is 0.310 e. The molecular weight excluding hydrogens is 871 g/mol. The van der Waals surface area contributed by atoms with E-state index in [2.05, 4.69) is 293 Å². The third-order valence-electron chi connectivity index (χ3n) is 16.2. The Morgan fingerprint density at radius 2 is 0.444 bits per heavy atom. The van der Waals surface area contributed by atoms with E-state index in [1.54, 1.807) is 0 Å². The van der Waals surface area contributed by atoms with E-state index in [1.807, 2.05) is 0 Å². The van der Waals surface area contributed by atoms with Crippen molar-refractivity contribution in [2.75, 3.05) is 14.7 Å². The third-order valence-corrected chi connectivity index (χ3v) is 16.2. The molecule has 3 aliphatic rings. The minimum Gasteiger partial charge on any atom is -0.310 e. The van der Waals surface area contributed by atoms with Crippen LogP contribution in [0.2, 0.25) is 0 Å². The van der Waals surface area contributed by atoms with Crippen LogP contribution in [0.5, 0.6) is 0 Å². The Hall–Kier alpha value is -8.40. The van der Waals surface area contributed by atoms with E-state index in [1.165, 1.54) is 101 Å². The molecule has 13 rings (SSSR count). The molecule has 0 saturated carbocycles. The van der Waals surface area contributed by atoms with Crippen molar-refractivity contribution in [3.8, 4) is 33.4 Å². The van der Waals surface area contributed by atoms with Gasteiger partial charge in [0.05, 0.1) is 34.1 Å². The molecule has 10 aromatic carbocycles. The summed E-state index contributed by atoms with van der Waals surface area (Å²) in [7, 11) is 0. The second kappa shape index (κ2) is 16.3. The minimum absolute atomic E-state index is 0.246. The van der Waals surface area contributed by atoms with Crippen LogP contribution >= 0.6 is 0 Å². The summed E-state index contributed by atoms with van der Waals surface area (Å²) in [5.41, 5.74) is 25.1. The number of fused-ring (bicyclic) bond motifs is 6. The standard InChI is InChI=1S/C69H57N3/c1-67(2)55-28-16-19-31-61(55)70(52-22-10-7-11-23-52)64-37-34-46(43-58(64)67)49-40-50(47-35-38-65-59(44-47)68(3,4)56-29-17-20-32-62(56)71(65)53-24-12-8-13-25-53)42-51(41-49)48-36-39-66-60(45-48)69(5,6)57-30-18-21-33-63(57)72(66)54-26-14-9-15-27-54/h7-45H,1-6H3. The van der Waals surface area contributed by atoms with Gasteiger partial charge in [-0.3, -0.25) is 0 Å². The van der Waals surface area contributed by atoms with E-state index < -0.39 is 0 Å². The van der Waals surface area contributed by atoms with Gasteiger partial charge in [-0.2, -0.15) is 0 Å². The molecule has 3 aliphatic heterocycles. The van der Waals surface area contributed by atoms with Crippen molar-refractivity contribution in [1.82, 2.24) is 0 Å². The van der Waals surface area contributed by atoms with Crippen LogP contribution in [0.15, 0.2) is 237 Å². The average molecular weight is 928 g/mol. The van der Waals surface area contributed by atoms with Crippen LogP contribution in [0, 0.1) is 0 Å². The first-order chi connectivity index (χ1) is 35.0. The summed E-state index contributed by atoms with van der Waals surface area (Å²) in [6, 6.07) is 88.0. The Kier molecular flexibility index (Phi) is 9.89. The molecule has 0 amide bonds. The molecule has 348 valence electrons. The quantitative estimate of drug-likeness (QED) is 0.165. The van der Waals surface area contributed by atoms with Crippen molar-refractivity contribution in [2.45, 2.75) is 57.8 Å². The smallest absolute Gasteiger partial charge is 0.0503 e. The molecule has 3 heterocycles. The van der Waals surface area contributed by atoms with E-state index in [-0.39, 0.29) is 16.2 Å². The molecule has 0 aromatic heterocycles. The first kappa shape index (κ1) is 43.6. The lowest BCUT2D eigenvalue weighted by Gasteiger charge is -2.42. The van der Waals surface area contributed by atoms with Gasteiger partial charge in [-0.05, 0) is 176 Å². The maximum atomic E-state index is 2.47. The van der Waals surface area contributed by atoms with Gasteiger partial charge in [0, 0.05) is 33.3 Å². The monoisotopic (exact) mass is 927 g/mol. The number of nitrogens with zero attached hydrogens (tertiary/aromatic N) is 3. The zero-order valence-corrected chi connectivity index (χ0v) is 41.9. The summed E-state index contributed by atoms with van der Waals surface area (Å²) in [6.45, 7) is 14.3. The van der Waals surface area contributed by atoms with Crippen molar-refractivity contribution < 1.29 is 0 Å².